The van der Waals surface area contributed by atoms with Crippen molar-refractivity contribution in [1.29, 1.82) is 5.26 Å². The third-order valence-electron chi connectivity index (χ3n) is 6.90. The Hall–Kier alpha value is -3.62. The maximum atomic E-state index is 12.8. The van der Waals surface area contributed by atoms with Gasteiger partial charge in [0.15, 0.2) is 0 Å². The molecule has 2 heterocycles. The van der Waals surface area contributed by atoms with Crippen LogP contribution < -0.4 is 5.32 Å². The van der Waals surface area contributed by atoms with Gasteiger partial charge in [0.05, 0.1) is 17.7 Å². The predicted molar refractivity (Wildman–Crippen MR) is 130 cm³/mol. The number of carbonyl (C=O) groups is 1. The zero-order chi connectivity index (χ0) is 22.6. The minimum atomic E-state index is -0.0906. The van der Waals surface area contributed by atoms with Gasteiger partial charge in [-0.25, -0.2) is 4.79 Å². The summed E-state index contributed by atoms with van der Waals surface area (Å²) in [6.45, 7) is 2.50. The lowest BCUT2D eigenvalue weighted by Crippen LogP contribution is -2.50. The normalized spacial score (nSPS) is 18.9. The van der Waals surface area contributed by atoms with Crippen LogP contribution in [0.15, 0.2) is 78.9 Å². The minimum Gasteiger partial charge on any atom is -0.324 e. The highest BCUT2D eigenvalue weighted by Crippen LogP contribution is 2.38. The summed E-state index contributed by atoms with van der Waals surface area (Å²) in [7, 11) is 0. The molecule has 166 valence electrons. The van der Waals surface area contributed by atoms with E-state index in [0.29, 0.717) is 17.3 Å². The number of piperidine rings is 1. The van der Waals surface area contributed by atoms with Crippen LogP contribution in [0.1, 0.15) is 41.1 Å². The van der Waals surface area contributed by atoms with Crippen LogP contribution in [0.5, 0.6) is 0 Å². The van der Waals surface area contributed by atoms with Gasteiger partial charge >= 0.3 is 6.03 Å². The van der Waals surface area contributed by atoms with Crippen LogP contribution in [0.4, 0.5) is 10.5 Å². The highest BCUT2D eigenvalue weighted by Gasteiger charge is 2.35. The van der Waals surface area contributed by atoms with Crippen molar-refractivity contribution in [1.82, 2.24) is 9.80 Å². The summed E-state index contributed by atoms with van der Waals surface area (Å²) in [6.07, 6.45) is 2.98. The van der Waals surface area contributed by atoms with Crippen LogP contribution in [-0.4, -0.2) is 41.5 Å². The van der Waals surface area contributed by atoms with E-state index in [0.717, 1.165) is 38.9 Å². The molecule has 1 N–H and O–H groups in total. The van der Waals surface area contributed by atoms with Gasteiger partial charge in [-0.3, -0.25) is 4.90 Å². The largest absolute Gasteiger partial charge is 0.324 e. The van der Waals surface area contributed by atoms with E-state index < -0.39 is 0 Å². The Morgan fingerprint density at radius 1 is 0.909 bits per heavy atom. The number of carbonyl (C=O) groups excluding carboxylic acids is 1. The molecule has 1 atom stereocenters. The van der Waals surface area contributed by atoms with Gasteiger partial charge in [0.2, 0.25) is 0 Å². The van der Waals surface area contributed by atoms with E-state index in [1.54, 1.807) is 18.2 Å². The number of nitrogens with one attached hydrogen (secondary N) is 1. The first-order valence-electron chi connectivity index (χ1n) is 11.7. The van der Waals surface area contributed by atoms with Crippen molar-refractivity contribution in [2.45, 2.75) is 31.3 Å². The standard InChI is InChI=1S/C28H28N4O/c29-20-21-7-6-11-24(19-21)30-28(33)31-16-14-25(15-17-31)32-18-13-22-8-4-5-12-26(22)27(32)23-9-2-1-3-10-23/h1-12,19,25,27H,13-18H2,(H,30,33). The predicted octanol–water partition coefficient (Wildman–Crippen LogP) is 5.20. The van der Waals surface area contributed by atoms with Crippen LogP contribution in [0.2, 0.25) is 0 Å². The van der Waals surface area contributed by atoms with E-state index in [2.05, 4.69) is 70.9 Å². The SMILES string of the molecule is N#Cc1cccc(NC(=O)N2CCC(N3CCc4ccccc4C3c3ccccc3)CC2)c1. The summed E-state index contributed by atoms with van der Waals surface area (Å²) >= 11 is 0. The Morgan fingerprint density at radius 2 is 1.67 bits per heavy atom. The van der Waals surface area contributed by atoms with E-state index in [1.165, 1.54) is 16.7 Å². The molecule has 2 amide bonds. The summed E-state index contributed by atoms with van der Waals surface area (Å²) in [5.41, 5.74) is 5.40. The average molecular weight is 437 g/mol. The zero-order valence-electron chi connectivity index (χ0n) is 18.7. The minimum absolute atomic E-state index is 0.0906. The van der Waals surface area contributed by atoms with Crippen molar-refractivity contribution in [2.24, 2.45) is 0 Å². The van der Waals surface area contributed by atoms with Gasteiger partial charge < -0.3 is 10.2 Å². The topological polar surface area (TPSA) is 59.4 Å². The summed E-state index contributed by atoms with van der Waals surface area (Å²) in [4.78, 5) is 17.4. The molecular formula is C28H28N4O. The fraction of sp³-hybridized carbons (Fsp3) is 0.286. The van der Waals surface area contributed by atoms with E-state index in [-0.39, 0.29) is 12.1 Å². The lowest BCUT2D eigenvalue weighted by Gasteiger charge is -2.45. The molecule has 0 aromatic heterocycles. The van der Waals surface area contributed by atoms with Crippen LogP contribution in [0.25, 0.3) is 0 Å². The van der Waals surface area contributed by atoms with Gasteiger partial charge in [-0.1, -0.05) is 60.7 Å². The molecule has 0 bridgehead atoms. The van der Waals surface area contributed by atoms with Gasteiger partial charge in [0.1, 0.15) is 0 Å². The molecule has 3 aromatic rings. The van der Waals surface area contributed by atoms with Crippen molar-refractivity contribution in [2.75, 3.05) is 25.0 Å². The Labute approximate surface area is 195 Å². The van der Waals surface area contributed by atoms with Gasteiger partial charge in [-0.2, -0.15) is 5.26 Å². The molecule has 5 nitrogen and oxygen atoms in total. The maximum Gasteiger partial charge on any atom is 0.321 e. The lowest BCUT2D eigenvalue weighted by molar-refractivity contribution is 0.0915. The summed E-state index contributed by atoms with van der Waals surface area (Å²) in [5, 5.41) is 12.0. The van der Waals surface area contributed by atoms with E-state index >= 15 is 0 Å². The van der Waals surface area contributed by atoms with Gasteiger partial charge in [-0.15, -0.1) is 0 Å². The highest BCUT2D eigenvalue weighted by molar-refractivity contribution is 5.89. The number of fused-ring (bicyclic) bond motifs is 1. The number of likely N-dealkylation sites (tertiary alicyclic amines) is 1. The van der Waals surface area contributed by atoms with E-state index in [9.17, 15) is 4.79 Å². The van der Waals surface area contributed by atoms with Gasteiger partial charge in [0, 0.05) is 31.4 Å². The molecule has 1 saturated heterocycles. The first-order valence-corrected chi connectivity index (χ1v) is 11.7. The molecule has 5 rings (SSSR count). The smallest absolute Gasteiger partial charge is 0.321 e. The van der Waals surface area contributed by atoms with Crippen molar-refractivity contribution in [3.63, 3.8) is 0 Å². The molecule has 0 aliphatic carbocycles. The number of hydrogen-bond donors (Lipinski definition) is 1. The number of nitriles is 1. The molecule has 1 fully saturated rings. The fourth-order valence-electron chi connectivity index (χ4n) is 5.26. The maximum absolute atomic E-state index is 12.8. The second kappa shape index (κ2) is 9.48. The molecule has 33 heavy (non-hydrogen) atoms. The Morgan fingerprint density at radius 3 is 2.45 bits per heavy atom. The zero-order valence-corrected chi connectivity index (χ0v) is 18.7. The average Bonchev–Trinajstić information content (AvgIpc) is 2.88. The first kappa shape index (κ1) is 21.2. The third-order valence-corrected chi connectivity index (χ3v) is 6.90. The Kier molecular flexibility index (Phi) is 6.10. The molecule has 2 aliphatic heterocycles. The summed E-state index contributed by atoms with van der Waals surface area (Å²) in [5.74, 6) is 0. The number of benzene rings is 3. The van der Waals surface area contributed by atoms with Gasteiger partial charge in [0.25, 0.3) is 0 Å². The number of anilines is 1. The Bertz CT molecular complexity index is 1160. The molecule has 1 unspecified atom stereocenters. The lowest BCUT2D eigenvalue weighted by atomic mass is 9.86. The summed E-state index contributed by atoms with van der Waals surface area (Å²) in [6, 6.07) is 29.4. The second-order valence-electron chi connectivity index (χ2n) is 8.84. The van der Waals surface area contributed by atoms with Crippen LogP contribution in [0, 0.1) is 11.3 Å². The number of nitrogens with zero attached hydrogens (tertiary/aromatic N) is 3. The van der Waals surface area contributed by atoms with E-state index in [1.807, 2.05) is 11.0 Å². The molecule has 5 heteroatoms. The monoisotopic (exact) mass is 436 g/mol. The number of rotatable bonds is 3. The van der Waals surface area contributed by atoms with E-state index in [4.69, 9.17) is 5.26 Å². The van der Waals surface area contributed by atoms with Crippen molar-refractivity contribution >= 4 is 11.7 Å². The van der Waals surface area contributed by atoms with Gasteiger partial charge in [-0.05, 0) is 54.2 Å². The number of urea groups is 1. The molecule has 0 radical (unpaired) electrons. The van der Waals surface area contributed by atoms with Crippen molar-refractivity contribution in [3.8, 4) is 6.07 Å². The molecule has 0 saturated carbocycles. The van der Waals surface area contributed by atoms with Crippen LogP contribution >= 0.6 is 0 Å². The quantitative estimate of drug-likeness (QED) is 0.614. The highest BCUT2D eigenvalue weighted by atomic mass is 16.2. The third kappa shape index (κ3) is 4.48. The van der Waals surface area contributed by atoms with Crippen molar-refractivity contribution < 1.29 is 4.79 Å². The van der Waals surface area contributed by atoms with Crippen LogP contribution in [-0.2, 0) is 6.42 Å². The van der Waals surface area contributed by atoms with Crippen LogP contribution in [0.3, 0.4) is 0 Å². The van der Waals surface area contributed by atoms with Crippen molar-refractivity contribution in [3.05, 3.63) is 101 Å². The summed E-state index contributed by atoms with van der Waals surface area (Å²) < 4.78 is 0. The number of hydrogen-bond acceptors (Lipinski definition) is 3. The molecular weight excluding hydrogens is 408 g/mol. The second-order valence-corrected chi connectivity index (χ2v) is 8.84. The fourth-order valence-corrected chi connectivity index (χ4v) is 5.26. The molecule has 0 spiro atoms. The molecule has 3 aromatic carbocycles. The number of amides is 2. The first-order chi connectivity index (χ1) is 16.2. The molecule has 2 aliphatic rings. The Balaban J connectivity index is 1.29.